The van der Waals surface area contributed by atoms with Crippen molar-refractivity contribution in [3.63, 3.8) is 0 Å². The lowest BCUT2D eigenvalue weighted by atomic mass is 10.2. The second kappa shape index (κ2) is 7.21. The third-order valence-electron chi connectivity index (χ3n) is 4.60. The molecule has 134 valence electrons. The maximum atomic E-state index is 13.8. The molecule has 0 atom stereocenters. The molecule has 0 aliphatic carbocycles. The standard InChI is InChI=1S/C19H21FN6/c1-15-22-18(13-19(23-15)26-8-4-7-21-26)25-11-9-24(10-12-25)14-16-5-2-3-6-17(16)20/h2-8,13H,9-12,14H2,1H3. The van der Waals surface area contributed by atoms with Crippen molar-refractivity contribution in [2.24, 2.45) is 0 Å². The smallest absolute Gasteiger partial charge is 0.159 e. The molecule has 3 aromatic rings. The van der Waals surface area contributed by atoms with Crippen LogP contribution in [0, 0.1) is 12.7 Å². The molecule has 1 saturated heterocycles. The SMILES string of the molecule is Cc1nc(N2CCN(Cc3ccccc3F)CC2)cc(-n2cccn2)n1. The predicted molar refractivity (Wildman–Crippen MR) is 97.8 cm³/mol. The lowest BCUT2D eigenvalue weighted by Gasteiger charge is -2.35. The summed E-state index contributed by atoms with van der Waals surface area (Å²) in [5.41, 5.74) is 0.750. The zero-order chi connectivity index (χ0) is 17.9. The second-order valence-electron chi connectivity index (χ2n) is 6.44. The van der Waals surface area contributed by atoms with Gasteiger partial charge in [-0.2, -0.15) is 5.10 Å². The third-order valence-corrected chi connectivity index (χ3v) is 4.60. The van der Waals surface area contributed by atoms with Gasteiger partial charge in [0.05, 0.1) is 0 Å². The molecule has 3 heterocycles. The molecule has 0 amide bonds. The fourth-order valence-electron chi connectivity index (χ4n) is 3.22. The summed E-state index contributed by atoms with van der Waals surface area (Å²) in [5.74, 6) is 2.27. The zero-order valence-corrected chi connectivity index (χ0v) is 14.7. The molecule has 0 spiro atoms. The molecule has 2 aromatic heterocycles. The van der Waals surface area contributed by atoms with Crippen molar-refractivity contribution >= 4 is 5.82 Å². The third kappa shape index (κ3) is 3.57. The summed E-state index contributed by atoms with van der Waals surface area (Å²) in [6, 6.07) is 10.8. The highest BCUT2D eigenvalue weighted by atomic mass is 19.1. The van der Waals surface area contributed by atoms with E-state index in [0.29, 0.717) is 6.54 Å². The van der Waals surface area contributed by atoms with Gasteiger partial charge in [0, 0.05) is 56.7 Å². The summed E-state index contributed by atoms with van der Waals surface area (Å²) in [6.07, 6.45) is 3.61. The van der Waals surface area contributed by atoms with Gasteiger partial charge in [-0.3, -0.25) is 4.90 Å². The van der Waals surface area contributed by atoms with Crippen molar-refractivity contribution in [1.29, 1.82) is 0 Å². The largest absolute Gasteiger partial charge is 0.354 e. The van der Waals surface area contributed by atoms with Crippen LogP contribution in [0.4, 0.5) is 10.2 Å². The van der Waals surface area contributed by atoms with Crippen molar-refractivity contribution in [2.45, 2.75) is 13.5 Å². The van der Waals surface area contributed by atoms with Gasteiger partial charge in [-0.15, -0.1) is 0 Å². The number of hydrogen-bond donors (Lipinski definition) is 0. The minimum absolute atomic E-state index is 0.134. The number of nitrogens with zero attached hydrogens (tertiary/aromatic N) is 6. The number of anilines is 1. The van der Waals surface area contributed by atoms with Gasteiger partial charge in [0.25, 0.3) is 0 Å². The van der Waals surface area contributed by atoms with Crippen molar-refractivity contribution in [3.8, 4) is 5.82 Å². The van der Waals surface area contributed by atoms with E-state index in [4.69, 9.17) is 0 Å². The van der Waals surface area contributed by atoms with Crippen LogP contribution in [-0.4, -0.2) is 50.8 Å². The fraction of sp³-hybridized carbons (Fsp3) is 0.316. The van der Waals surface area contributed by atoms with E-state index >= 15 is 0 Å². The Morgan fingerprint density at radius 3 is 2.50 bits per heavy atom. The first kappa shape index (κ1) is 16.7. The van der Waals surface area contributed by atoms with Crippen LogP contribution in [-0.2, 0) is 6.54 Å². The summed E-state index contributed by atoms with van der Waals surface area (Å²) in [4.78, 5) is 13.6. The molecule has 0 N–H and O–H groups in total. The molecule has 0 unspecified atom stereocenters. The number of hydrogen-bond acceptors (Lipinski definition) is 5. The Hall–Kier alpha value is -2.80. The van der Waals surface area contributed by atoms with E-state index in [-0.39, 0.29) is 5.82 Å². The fourth-order valence-corrected chi connectivity index (χ4v) is 3.22. The van der Waals surface area contributed by atoms with Gasteiger partial charge in [0.15, 0.2) is 5.82 Å². The monoisotopic (exact) mass is 352 g/mol. The van der Waals surface area contributed by atoms with Gasteiger partial charge >= 0.3 is 0 Å². The van der Waals surface area contributed by atoms with Gasteiger partial charge in [-0.1, -0.05) is 18.2 Å². The molecule has 1 aromatic carbocycles. The van der Waals surface area contributed by atoms with Crippen molar-refractivity contribution in [2.75, 3.05) is 31.1 Å². The van der Waals surface area contributed by atoms with Gasteiger partial charge in [-0.25, -0.2) is 19.0 Å². The van der Waals surface area contributed by atoms with E-state index in [9.17, 15) is 4.39 Å². The van der Waals surface area contributed by atoms with Crippen molar-refractivity contribution in [1.82, 2.24) is 24.6 Å². The van der Waals surface area contributed by atoms with Crippen molar-refractivity contribution in [3.05, 3.63) is 66.0 Å². The Kier molecular flexibility index (Phi) is 4.62. The maximum Gasteiger partial charge on any atom is 0.159 e. The molecule has 1 aliphatic heterocycles. The summed E-state index contributed by atoms with van der Waals surface area (Å²) in [7, 11) is 0. The zero-order valence-electron chi connectivity index (χ0n) is 14.7. The van der Waals surface area contributed by atoms with Crippen LogP contribution in [0.2, 0.25) is 0 Å². The van der Waals surface area contributed by atoms with Crippen LogP contribution in [0.1, 0.15) is 11.4 Å². The highest BCUT2D eigenvalue weighted by molar-refractivity contribution is 5.44. The minimum atomic E-state index is -0.134. The average Bonchev–Trinajstić information content (AvgIpc) is 3.19. The Morgan fingerprint density at radius 2 is 1.77 bits per heavy atom. The molecule has 1 fully saturated rings. The van der Waals surface area contributed by atoms with Crippen LogP contribution in [0.5, 0.6) is 0 Å². The van der Waals surface area contributed by atoms with Crippen molar-refractivity contribution < 1.29 is 4.39 Å². The first-order chi connectivity index (χ1) is 12.7. The van der Waals surface area contributed by atoms with Gasteiger partial charge in [0.1, 0.15) is 17.5 Å². The summed E-state index contributed by atoms with van der Waals surface area (Å²) in [5, 5.41) is 4.25. The topological polar surface area (TPSA) is 50.1 Å². The number of rotatable bonds is 4. The number of aryl methyl sites for hydroxylation is 1. The normalized spacial score (nSPS) is 15.4. The maximum absolute atomic E-state index is 13.8. The van der Waals surface area contributed by atoms with Gasteiger partial charge in [-0.05, 0) is 19.1 Å². The van der Waals surface area contributed by atoms with Crippen LogP contribution in [0.3, 0.4) is 0 Å². The Labute approximate surface area is 151 Å². The lowest BCUT2D eigenvalue weighted by molar-refractivity contribution is 0.246. The quantitative estimate of drug-likeness (QED) is 0.722. The van der Waals surface area contributed by atoms with Crippen LogP contribution in [0.15, 0.2) is 48.8 Å². The van der Waals surface area contributed by atoms with Crippen LogP contribution < -0.4 is 4.90 Å². The molecule has 6 nitrogen and oxygen atoms in total. The molecular formula is C19H21FN6. The molecule has 4 rings (SSSR count). The number of halogens is 1. The summed E-state index contributed by atoms with van der Waals surface area (Å²) >= 11 is 0. The highest BCUT2D eigenvalue weighted by Crippen LogP contribution is 2.18. The minimum Gasteiger partial charge on any atom is -0.354 e. The number of aromatic nitrogens is 4. The molecule has 0 bridgehead atoms. The van der Waals surface area contributed by atoms with E-state index in [2.05, 4.69) is 24.9 Å². The van der Waals surface area contributed by atoms with E-state index in [1.807, 2.05) is 37.4 Å². The molecule has 0 radical (unpaired) electrons. The Balaban J connectivity index is 1.44. The van der Waals surface area contributed by atoms with Gasteiger partial charge in [0.2, 0.25) is 0 Å². The first-order valence-electron chi connectivity index (χ1n) is 8.75. The van der Waals surface area contributed by atoms with E-state index in [1.54, 1.807) is 16.9 Å². The van der Waals surface area contributed by atoms with E-state index < -0.39 is 0 Å². The average molecular weight is 352 g/mol. The number of piperazine rings is 1. The second-order valence-corrected chi connectivity index (χ2v) is 6.44. The molecular weight excluding hydrogens is 331 g/mol. The molecule has 7 heteroatoms. The summed E-state index contributed by atoms with van der Waals surface area (Å²) < 4.78 is 15.6. The Bertz CT molecular complexity index is 871. The Morgan fingerprint density at radius 1 is 1.00 bits per heavy atom. The summed E-state index contributed by atoms with van der Waals surface area (Å²) in [6.45, 7) is 5.97. The molecule has 0 saturated carbocycles. The molecule has 26 heavy (non-hydrogen) atoms. The van der Waals surface area contributed by atoms with E-state index in [1.165, 1.54) is 6.07 Å². The number of benzene rings is 1. The van der Waals surface area contributed by atoms with E-state index in [0.717, 1.165) is 49.2 Å². The lowest BCUT2D eigenvalue weighted by Crippen LogP contribution is -2.46. The predicted octanol–water partition coefficient (Wildman–Crippen LogP) is 2.43. The van der Waals surface area contributed by atoms with Crippen LogP contribution >= 0.6 is 0 Å². The molecule has 1 aliphatic rings. The highest BCUT2D eigenvalue weighted by Gasteiger charge is 2.20. The van der Waals surface area contributed by atoms with Gasteiger partial charge < -0.3 is 4.90 Å². The first-order valence-corrected chi connectivity index (χ1v) is 8.75. The van der Waals surface area contributed by atoms with Crippen LogP contribution in [0.25, 0.3) is 5.82 Å².